The van der Waals surface area contributed by atoms with Gasteiger partial charge in [0.25, 0.3) is 5.91 Å². The molecule has 2 heterocycles. The number of piperazine rings is 1. The Morgan fingerprint density at radius 1 is 1.03 bits per heavy atom. The van der Waals surface area contributed by atoms with E-state index in [1.54, 1.807) is 13.0 Å². The van der Waals surface area contributed by atoms with Crippen LogP contribution in [0, 0.1) is 0 Å². The van der Waals surface area contributed by atoms with Crippen molar-refractivity contribution in [2.45, 2.75) is 25.4 Å². The number of ether oxygens (including phenoxy) is 1. The predicted octanol–water partition coefficient (Wildman–Crippen LogP) is 2.49. The lowest BCUT2D eigenvalue weighted by Gasteiger charge is -2.36. The SMILES string of the molecule is CC1(C(=O)NCCCN2CCN(c3ccccc3)CC2)Cc2ccccc2C(=O)O1. The molecule has 0 spiro atoms. The number of nitrogens with zero attached hydrogens (tertiary/aromatic N) is 2. The van der Waals surface area contributed by atoms with Crippen molar-refractivity contribution >= 4 is 17.6 Å². The van der Waals surface area contributed by atoms with Gasteiger partial charge >= 0.3 is 5.97 Å². The lowest BCUT2D eigenvalue weighted by Crippen LogP contribution is -2.52. The molecule has 0 aliphatic carbocycles. The summed E-state index contributed by atoms with van der Waals surface area (Å²) in [6, 6.07) is 17.8. The maximum atomic E-state index is 12.7. The minimum absolute atomic E-state index is 0.223. The Labute approximate surface area is 177 Å². The van der Waals surface area contributed by atoms with Crippen molar-refractivity contribution in [1.29, 1.82) is 0 Å². The van der Waals surface area contributed by atoms with Gasteiger partial charge in [-0.1, -0.05) is 36.4 Å². The second kappa shape index (κ2) is 8.88. The number of esters is 1. The van der Waals surface area contributed by atoms with Crippen LogP contribution in [0.5, 0.6) is 0 Å². The van der Waals surface area contributed by atoms with Gasteiger partial charge in [0, 0.05) is 44.8 Å². The summed E-state index contributed by atoms with van der Waals surface area (Å²) < 4.78 is 5.50. The number of carbonyl (C=O) groups is 2. The van der Waals surface area contributed by atoms with E-state index in [0.717, 1.165) is 44.7 Å². The average molecular weight is 408 g/mol. The van der Waals surface area contributed by atoms with Crippen LogP contribution >= 0.6 is 0 Å². The summed E-state index contributed by atoms with van der Waals surface area (Å²) in [5.74, 6) is -0.648. The van der Waals surface area contributed by atoms with E-state index >= 15 is 0 Å². The highest BCUT2D eigenvalue weighted by Crippen LogP contribution is 2.28. The third-order valence-corrected chi connectivity index (χ3v) is 5.99. The molecule has 1 unspecified atom stereocenters. The second-order valence-corrected chi connectivity index (χ2v) is 8.23. The fourth-order valence-electron chi connectivity index (χ4n) is 4.22. The Kier molecular flexibility index (Phi) is 6.04. The molecule has 1 N–H and O–H groups in total. The highest BCUT2D eigenvalue weighted by atomic mass is 16.6. The van der Waals surface area contributed by atoms with Crippen LogP contribution in [0.2, 0.25) is 0 Å². The summed E-state index contributed by atoms with van der Waals surface area (Å²) in [6.45, 7) is 7.30. The summed E-state index contributed by atoms with van der Waals surface area (Å²) >= 11 is 0. The van der Waals surface area contributed by atoms with E-state index < -0.39 is 11.6 Å². The van der Waals surface area contributed by atoms with Gasteiger partial charge in [-0.2, -0.15) is 0 Å². The Bertz CT molecular complexity index is 894. The monoisotopic (exact) mass is 407 g/mol. The molecular weight excluding hydrogens is 378 g/mol. The van der Waals surface area contributed by atoms with Crippen molar-refractivity contribution in [1.82, 2.24) is 10.2 Å². The Morgan fingerprint density at radius 3 is 2.50 bits per heavy atom. The molecule has 2 aromatic rings. The molecular formula is C24H29N3O3. The van der Waals surface area contributed by atoms with Gasteiger partial charge in [-0.25, -0.2) is 4.79 Å². The first-order valence-corrected chi connectivity index (χ1v) is 10.7. The molecule has 158 valence electrons. The van der Waals surface area contributed by atoms with E-state index in [2.05, 4.69) is 39.4 Å². The van der Waals surface area contributed by atoms with E-state index in [0.29, 0.717) is 18.5 Å². The van der Waals surface area contributed by atoms with E-state index in [-0.39, 0.29) is 5.91 Å². The first kappa shape index (κ1) is 20.4. The first-order valence-electron chi connectivity index (χ1n) is 10.7. The number of fused-ring (bicyclic) bond motifs is 1. The minimum Gasteiger partial charge on any atom is -0.445 e. The van der Waals surface area contributed by atoms with Crippen LogP contribution in [0.25, 0.3) is 0 Å². The lowest BCUT2D eigenvalue weighted by molar-refractivity contribution is -0.139. The number of anilines is 1. The minimum atomic E-state index is -1.15. The van der Waals surface area contributed by atoms with Gasteiger partial charge in [-0.05, 0) is 43.7 Å². The summed E-state index contributed by atoms with van der Waals surface area (Å²) in [6.07, 6.45) is 1.28. The Hall–Kier alpha value is -2.86. The molecule has 0 saturated carbocycles. The average Bonchev–Trinajstić information content (AvgIpc) is 2.77. The van der Waals surface area contributed by atoms with E-state index in [4.69, 9.17) is 4.74 Å². The van der Waals surface area contributed by atoms with Gasteiger partial charge in [0.1, 0.15) is 0 Å². The smallest absolute Gasteiger partial charge is 0.339 e. The van der Waals surface area contributed by atoms with Crippen LogP contribution in [0.15, 0.2) is 54.6 Å². The maximum Gasteiger partial charge on any atom is 0.339 e. The molecule has 0 bridgehead atoms. The molecule has 2 aliphatic rings. The number of hydrogen-bond acceptors (Lipinski definition) is 5. The molecule has 30 heavy (non-hydrogen) atoms. The highest BCUT2D eigenvalue weighted by Gasteiger charge is 2.42. The van der Waals surface area contributed by atoms with Gasteiger partial charge in [-0.3, -0.25) is 9.69 Å². The topological polar surface area (TPSA) is 61.9 Å². The summed E-state index contributed by atoms with van der Waals surface area (Å²) in [5, 5.41) is 2.97. The van der Waals surface area contributed by atoms with Crippen molar-refractivity contribution in [2.75, 3.05) is 44.2 Å². The number of para-hydroxylation sites is 1. The molecule has 1 atom stereocenters. The van der Waals surface area contributed by atoms with Crippen LogP contribution in [-0.2, 0) is 16.0 Å². The van der Waals surface area contributed by atoms with E-state index in [1.165, 1.54) is 5.69 Å². The summed E-state index contributed by atoms with van der Waals surface area (Å²) in [4.78, 5) is 29.8. The van der Waals surface area contributed by atoms with Crippen LogP contribution < -0.4 is 10.2 Å². The third-order valence-electron chi connectivity index (χ3n) is 5.99. The Morgan fingerprint density at radius 2 is 1.73 bits per heavy atom. The molecule has 0 radical (unpaired) electrons. The van der Waals surface area contributed by atoms with Gasteiger partial charge in [-0.15, -0.1) is 0 Å². The standard InChI is InChI=1S/C24H29N3O3/c1-24(18-19-8-5-6-11-21(19)22(28)30-24)23(29)25-12-7-13-26-14-16-27(17-15-26)20-9-3-2-4-10-20/h2-6,8-11H,7,12-18H2,1H3,(H,25,29). The molecule has 2 aliphatic heterocycles. The fraction of sp³-hybridized carbons (Fsp3) is 0.417. The number of nitrogens with one attached hydrogen (secondary N) is 1. The third kappa shape index (κ3) is 4.49. The molecule has 1 amide bonds. The molecule has 6 nitrogen and oxygen atoms in total. The van der Waals surface area contributed by atoms with Crippen molar-refractivity contribution in [3.8, 4) is 0 Å². The second-order valence-electron chi connectivity index (χ2n) is 8.23. The van der Waals surface area contributed by atoms with Gasteiger partial charge in [0.15, 0.2) is 5.60 Å². The molecule has 4 rings (SSSR count). The summed E-state index contributed by atoms with van der Waals surface area (Å²) in [5.41, 5.74) is 1.55. The Balaban J connectivity index is 1.20. The zero-order chi connectivity index (χ0) is 21.0. The normalized spacial score (nSPS) is 21.6. The number of rotatable bonds is 6. The fourth-order valence-corrected chi connectivity index (χ4v) is 4.22. The molecule has 1 saturated heterocycles. The quantitative estimate of drug-likeness (QED) is 0.589. The molecule has 6 heteroatoms. The zero-order valence-electron chi connectivity index (χ0n) is 17.5. The maximum absolute atomic E-state index is 12.7. The van der Waals surface area contributed by atoms with Crippen molar-refractivity contribution in [2.24, 2.45) is 0 Å². The van der Waals surface area contributed by atoms with E-state index in [1.807, 2.05) is 24.3 Å². The van der Waals surface area contributed by atoms with E-state index in [9.17, 15) is 9.59 Å². The van der Waals surface area contributed by atoms with Gasteiger partial charge in [0.2, 0.25) is 0 Å². The van der Waals surface area contributed by atoms with Crippen molar-refractivity contribution < 1.29 is 14.3 Å². The lowest BCUT2D eigenvalue weighted by atomic mass is 9.89. The van der Waals surface area contributed by atoms with Crippen LogP contribution in [0.3, 0.4) is 0 Å². The highest BCUT2D eigenvalue weighted by molar-refractivity contribution is 5.97. The van der Waals surface area contributed by atoms with Crippen LogP contribution in [0.1, 0.15) is 29.3 Å². The van der Waals surface area contributed by atoms with Crippen molar-refractivity contribution in [3.63, 3.8) is 0 Å². The molecule has 0 aromatic heterocycles. The van der Waals surface area contributed by atoms with Crippen LogP contribution in [-0.4, -0.2) is 61.6 Å². The molecule has 1 fully saturated rings. The number of carbonyl (C=O) groups excluding carboxylic acids is 2. The number of amides is 1. The van der Waals surface area contributed by atoms with Crippen molar-refractivity contribution in [3.05, 3.63) is 65.7 Å². The first-order chi connectivity index (χ1) is 14.5. The number of hydrogen-bond donors (Lipinski definition) is 1. The predicted molar refractivity (Wildman–Crippen MR) is 117 cm³/mol. The largest absolute Gasteiger partial charge is 0.445 e. The number of benzene rings is 2. The molecule has 2 aromatic carbocycles. The van der Waals surface area contributed by atoms with Gasteiger partial charge in [0.05, 0.1) is 5.56 Å². The summed E-state index contributed by atoms with van der Waals surface area (Å²) in [7, 11) is 0. The zero-order valence-corrected chi connectivity index (χ0v) is 17.5. The van der Waals surface area contributed by atoms with Gasteiger partial charge < -0.3 is 15.0 Å². The van der Waals surface area contributed by atoms with Crippen LogP contribution in [0.4, 0.5) is 5.69 Å². The number of cyclic esters (lactones) is 1.